The molecule has 0 aliphatic carbocycles. The van der Waals surface area contributed by atoms with Gasteiger partial charge in [0.15, 0.2) is 0 Å². The minimum Gasteiger partial charge on any atom is -0.374 e. The van der Waals surface area contributed by atoms with Gasteiger partial charge in [-0.3, -0.25) is 4.68 Å². The molecule has 2 unspecified atom stereocenters. The summed E-state index contributed by atoms with van der Waals surface area (Å²) < 4.78 is 7.98. The number of ether oxygens (including phenoxy) is 1. The van der Waals surface area contributed by atoms with Crippen molar-refractivity contribution in [1.82, 2.24) is 15.1 Å². The zero-order valence-corrected chi connectivity index (χ0v) is 13.3. The Kier molecular flexibility index (Phi) is 6.01. The van der Waals surface area contributed by atoms with Crippen LogP contribution in [0.3, 0.4) is 0 Å². The van der Waals surface area contributed by atoms with Gasteiger partial charge in [0.25, 0.3) is 0 Å². The fraction of sp³-hybridized carbons (Fsp3) is 0.800. The molecule has 4 heteroatoms. The van der Waals surface area contributed by atoms with E-state index in [0.29, 0.717) is 0 Å². The summed E-state index contributed by atoms with van der Waals surface area (Å²) >= 11 is 0. The Morgan fingerprint density at radius 1 is 1.42 bits per heavy atom. The van der Waals surface area contributed by atoms with Crippen LogP contribution in [-0.4, -0.2) is 35.1 Å². The summed E-state index contributed by atoms with van der Waals surface area (Å²) in [6, 6.07) is 2.49. The van der Waals surface area contributed by atoms with Crippen LogP contribution in [-0.2, 0) is 24.6 Å². The first-order valence-electron chi connectivity index (χ1n) is 7.33. The Bertz CT molecular complexity index is 389. The molecule has 2 atom stereocenters. The van der Waals surface area contributed by atoms with Gasteiger partial charge in [-0.05, 0) is 39.8 Å². The first-order valence-corrected chi connectivity index (χ1v) is 7.33. The van der Waals surface area contributed by atoms with Crippen LogP contribution in [0.15, 0.2) is 6.07 Å². The number of aromatic nitrogens is 2. The zero-order chi connectivity index (χ0) is 14.5. The van der Waals surface area contributed by atoms with E-state index in [0.717, 1.165) is 31.6 Å². The summed E-state index contributed by atoms with van der Waals surface area (Å²) in [4.78, 5) is 0. The van der Waals surface area contributed by atoms with E-state index < -0.39 is 0 Å². The molecule has 110 valence electrons. The number of aryl methyl sites for hydroxylation is 2. The lowest BCUT2D eigenvalue weighted by atomic mass is 9.89. The summed E-state index contributed by atoms with van der Waals surface area (Å²) in [7, 11) is 4.03. The van der Waals surface area contributed by atoms with Crippen molar-refractivity contribution in [3.05, 3.63) is 17.5 Å². The molecule has 19 heavy (non-hydrogen) atoms. The molecule has 0 aliphatic heterocycles. The van der Waals surface area contributed by atoms with Crippen LogP contribution in [0.2, 0.25) is 0 Å². The molecule has 0 amide bonds. The number of rotatable bonds is 8. The third-order valence-corrected chi connectivity index (χ3v) is 4.06. The van der Waals surface area contributed by atoms with Crippen LogP contribution in [0, 0.1) is 0 Å². The second kappa shape index (κ2) is 7.06. The molecule has 0 spiro atoms. The highest BCUT2D eigenvalue weighted by atomic mass is 16.5. The fourth-order valence-electron chi connectivity index (χ4n) is 2.55. The second-order valence-electron chi connectivity index (χ2n) is 5.25. The SMILES string of the molecule is CCOC(C)(CC)C(Cc1cc(CC)nn1C)NC. The van der Waals surface area contributed by atoms with Gasteiger partial charge >= 0.3 is 0 Å². The quantitative estimate of drug-likeness (QED) is 0.785. The highest BCUT2D eigenvalue weighted by Crippen LogP contribution is 2.23. The topological polar surface area (TPSA) is 39.1 Å². The first-order chi connectivity index (χ1) is 9.00. The van der Waals surface area contributed by atoms with Gasteiger partial charge in [-0.2, -0.15) is 5.10 Å². The van der Waals surface area contributed by atoms with E-state index in [2.05, 4.69) is 44.2 Å². The van der Waals surface area contributed by atoms with Crippen LogP contribution < -0.4 is 5.32 Å². The van der Waals surface area contributed by atoms with Crippen molar-refractivity contribution < 1.29 is 4.74 Å². The predicted octanol–water partition coefficient (Wildman–Crippen LogP) is 2.32. The Labute approximate surface area is 117 Å². The van der Waals surface area contributed by atoms with E-state index >= 15 is 0 Å². The fourth-order valence-corrected chi connectivity index (χ4v) is 2.55. The highest BCUT2D eigenvalue weighted by Gasteiger charge is 2.32. The molecule has 1 heterocycles. The standard InChI is InChI=1S/C15H29N3O/c1-7-12-10-13(18(6)17-12)11-14(16-5)15(4,8-2)19-9-3/h10,14,16H,7-9,11H2,1-6H3. The van der Waals surface area contributed by atoms with Crippen molar-refractivity contribution in [2.45, 2.75) is 58.6 Å². The number of nitrogens with zero attached hydrogens (tertiary/aromatic N) is 2. The van der Waals surface area contributed by atoms with Gasteiger partial charge in [-0.15, -0.1) is 0 Å². The molecule has 0 aromatic carbocycles. The summed E-state index contributed by atoms with van der Waals surface area (Å²) in [6.07, 6.45) is 2.91. The molecule has 0 radical (unpaired) electrons. The van der Waals surface area contributed by atoms with Crippen LogP contribution in [0.25, 0.3) is 0 Å². The van der Waals surface area contributed by atoms with Gasteiger partial charge < -0.3 is 10.1 Å². The first kappa shape index (κ1) is 16.2. The van der Waals surface area contributed by atoms with Gasteiger partial charge in [0, 0.05) is 31.8 Å². The van der Waals surface area contributed by atoms with Gasteiger partial charge in [0.2, 0.25) is 0 Å². The molecule has 0 saturated heterocycles. The Balaban J connectivity index is 2.88. The van der Waals surface area contributed by atoms with Crippen LogP contribution in [0.4, 0.5) is 0 Å². The normalized spacial score (nSPS) is 16.3. The molecule has 0 aliphatic rings. The van der Waals surface area contributed by atoms with Crippen molar-refractivity contribution in [2.75, 3.05) is 13.7 Å². The predicted molar refractivity (Wildman–Crippen MR) is 79.5 cm³/mol. The van der Waals surface area contributed by atoms with E-state index in [1.807, 2.05) is 18.8 Å². The highest BCUT2D eigenvalue weighted by molar-refractivity contribution is 5.13. The Hall–Kier alpha value is -0.870. The molecule has 0 fully saturated rings. The maximum absolute atomic E-state index is 5.98. The average Bonchev–Trinajstić information content (AvgIpc) is 2.76. The Morgan fingerprint density at radius 2 is 2.11 bits per heavy atom. The number of nitrogens with one attached hydrogen (secondary N) is 1. The third-order valence-electron chi connectivity index (χ3n) is 4.06. The molecular formula is C15H29N3O. The minimum atomic E-state index is -0.139. The van der Waals surface area contributed by atoms with Crippen molar-refractivity contribution in [3.8, 4) is 0 Å². The van der Waals surface area contributed by atoms with Crippen molar-refractivity contribution in [3.63, 3.8) is 0 Å². The monoisotopic (exact) mass is 267 g/mol. The Morgan fingerprint density at radius 3 is 2.53 bits per heavy atom. The largest absolute Gasteiger partial charge is 0.374 e. The molecule has 1 aromatic rings. The van der Waals surface area contributed by atoms with E-state index in [4.69, 9.17) is 4.74 Å². The summed E-state index contributed by atoms with van der Waals surface area (Å²) in [6.45, 7) is 9.31. The van der Waals surface area contributed by atoms with E-state index in [1.54, 1.807) is 0 Å². The molecule has 1 N–H and O–H groups in total. The maximum atomic E-state index is 5.98. The number of likely N-dealkylation sites (N-methyl/N-ethyl adjacent to an activating group) is 1. The lowest BCUT2D eigenvalue weighted by molar-refractivity contribution is -0.0537. The summed E-state index contributed by atoms with van der Waals surface area (Å²) in [5.74, 6) is 0. The summed E-state index contributed by atoms with van der Waals surface area (Å²) in [5.41, 5.74) is 2.28. The van der Waals surface area contributed by atoms with Crippen molar-refractivity contribution in [1.29, 1.82) is 0 Å². The number of hydrogen-bond acceptors (Lipinski definition) is 3. The lowest BCUT2D eigenvalue weighted by Gasteiger charge is -2.36. The van der Waals surface area contributed by atoms with E-state index in [-0.39, 0.29) is 11.6 Å². The lowest BCUT2D eigenvalue weighted by Crippen LogP contribution is -2.50. The zero-order valence-electron chi connectivity index (χ0n) is 13.3. The van der Waals surface area contributed by atoms with Crippen molar-refractivity contribution in [2.24, 2.45) is 7.05 Å². The maximum Gasteiger partial charge on any atom is 0.0807 e. The smallest absolute Gasteiger partial charge is 0.0807 e. The van der Waals surface area contributed by atoms with Gasteiger partial charge in [0.05, 0.1) is 11.3 Å². The van der Waals surface area contributed by atoms with Crippen LogP contribution in [0.5, 0.6) is 0 Å². The molecular weight excluding hydrogens is 238 g/mol. The summed E-state index contributed by atoms with van der Waals surface area (Å²) in [5, 5.41) is 7.93. The molecule has 0 saturated carbocycles. The van der Waals surface area contributed by atoms with Crippen LogP contribution in [0.1, 0.15) is 45.5 Å². The molecule has 1 rings (SSSR count). The molecule has 4 nitrogen and oxygen atoms in total. The molecule has 0 bridgehead atoms. The van der Waals surface area contributed by atoms with Crippen LogP contribution >= 0.6 is 0 Å². The third kappa shape index (κ3) is 3.80. The number of hydrogen-bond donors (Lipinski definition) is 1. The average molecular weight is 267 g/mol. The van der Waals surface area contributed by atoms with Gasteiger partial charge in [-0.25, -0.2) is 0 Å². The van der Waals surface area contributed by atoms with Gasteiger partial charge in [-0.1, -0.05) is 13.8 Å². The second-order valence-corrected chi connectivity index (χ2v) is 5.25. The van der Waals surface area contributed by atoms with E-state index in [1.165, 1.54) is 5.69 Å². The minimum absolute atomic E-state index is 0.139. The van der Waals surface area contributed by atoms with Crippen molar-refractivity contribution >= 4 is 0 Å². The molecule has 1 aromatic heterocycles. The van der Waals surface area contributed by atoms with E-state index in [9.17, 15) is 0 Å². The van der Waals surface area contributed by atoms with Gasteiger partial charge in [0.1, 0.15) is 0 Å².